The Morgan fingerprint density at radius 2 is 2.12 bits per heavy atom. The van der Waals surface area contributed by atoms with Crippen LogP contribution in [0.4, 0.5) is 5.69 Å². The first-order valence-corrected chi connectivity index (χ1v) is 6.78. The second kappa shape index (κ2) is 4.74. The zero-order valence-electron chi connectivity index (χ0n) is 10.3. The second-order valence-electron chi connectivity index (χ2n) is 5.23. The average Bonchev–Trinajstić information content (AvgIpc) is 2.27. The molecule has 0 bridgehead atoms. The Hall–Kier alpha value is -0.335. The monoisotopic (exact) mass is 267 g/mol. The van der Waals surface area contributed by atoms with Gasteiger partial charge in [-0.15, -0.1) is 11.6 Å². The summed E-state index contributed by atoms with van der Waals surface area (Å²) in [4.78, 5) is 1.79. The number of nitrogens with zero attached hydrogens (tertiary/aromatic N) is 1. The predicted octanol–water partition coefficient (Wildman–Crippen LogP) is 3.69. The normalized spacial score (nSPS) is 18.0. The minimum atomic E-state index is 0.150. The Balaban J connectivity index is 2.54. The molecule has 0 fully saturated rings. The fourth-order valence-electron chi connectivity index (χ4n) is 2.34. The summed E-state index contributed by atoms with van der Waals surface area (Å²) >= 11 is 12.1. The molecule has 90 valence electrons. The van der Waals surface area contributed by atoms with Crippen molar-refractivity contribution >= 4 is 36.9 Å². The molecule has 0 amide bonds. The highest BCUT2D eigenvalue weighted by Crippen LogP contribution is 2.41. The first-order chi connectivity index (χ1) is 7.95. The summed E-state index contributed by atoms with van der Waals surface area (Å²) in [5.74, 6) is 0.589. The van der Waals surface area contributed by atoms with E-state index in [1.54, 1.807) is 4.81 Å². The van der Waals surface area contributed by atoms with E-state index >= 15 is 0 Å². The quantitative estimate of drug-likeness (QED) is 0.584. The van der Waals surface area contributed by atoms with E-state index in [0.29, 0.717) is 5.88 Å². The van der Waals surface area contributed by atoms with Gasteiger partial charge in [0.15, 0.2) is 0 Å². The van der Waals surface area contributed by atoms with Crippen molar-refractivity contribution in [3.63, 3.8) is 0 Å². The topological polar surface area (TPSA) is 3.24 Å². The van der Waals surface area contributed by atoms with E-state index in [1.165, 1.54) is 5.56 Å². The van der Waals surface area contributed by atoms with Crippen molar-refractivity contribution in [2.24, 2.45) is 0 Å². The van der Waals surface area contributed by atoms with Crippen molar-refractivity contribution in [3.05, 3.63) is 28.3 Å². The number of halogens is 2. The lowest BCUT2D eigenvalue weighted by molar-refractivity contribution is 0.471. The maximum absolute atomic E-state index is 6.26. The molecule has 1 nitrogen and oxygen atoms in total. The number of rotatable bonds is 2. The first-order valence-electron chi connectivity index (χ1n) is 5.87. The van der Waals surface area contributed by atoms with Gasteiger partial charge in [0.05, 0.1) is 0 Å². The van der Waals surface area contributed by atoms with E-state index in [1.807, 2.05) is 6.07 Å². The second-order valence-corrected chi connectivity index (χ2v) is 6.01. The summed E-state index contributed by atoms with van der Waals surface area (Å²) < 4.78 is 0. The number of anilines is 1. The highest BCUT2D eigenvalue weighted by Gasteiger charge is 2.30. The zero-order chi connectivity index (χ0) is 12.6. The molecule has 0 aliphatic carbocycles. The molecule has 0 N–H and O–H groups in total. The number of fused-ring (bicyclic) bond motifs is 1. The standard InChI is InChI=1S/C13H16BCl2N/c1-13(2)4-6-17(14)12-8-11(16)9(3-5-15)7-10(12)13/h7-8H,3-6H2,1-2H3. The van der Waals surface area contributed by atoms with Gasteiger partial charge in [-0.25, -0.2) is 0 Å². The van der Waals surface area contributed by atoms with Crippen LogP contribution in [-0.4, -0.2) is 20.4 Å². The summed E-state index contributed by atoms with van der Waals surface area (Å²) in [5, 5.41) is 0.762. The van der Waals surface area contributed by atoms with Gasteiger partial charge >= 0.3 is 0 Å². The summed E-state index contributed by atoms with van der Waals surface area (Å²) in [7, 11) is 6.01. The SMILES string of the molecule is [B]N1CCC(C)(C)c2cc(CCCl)c(Cl)cc21. The van der Waals surface area contributed by atoms with Gasteiger partial charge in [0, 0.05) is 23.1 Å². The fourth-order valence-corrected chi connectivity index (χ4v) is 2.79. The lowest BCUT2D eigenvalue weighted by atomic mass is 9.76. The summed E-state index contributed by atoms with van der Waals surface area (Å²) in [6.45, 7) is 5.36. The number of alkyl halides is 1. The van der Waals surface area contributed by atoms with Gasteiger partial charge in [-0.2, -0.15) is 0 Å². The molecule has 2 radical (unpaired) electrons. The van der Waals surface area contributed by atoms with Crippen molar-refractivity contribution < 1.29 is 0 Å². The van der Waals surface area contributed by atoms with Gasteiger partial charge in [-0.05, 0) is 35.4 Å². The highest BCUT2D eigenvalue weighted by molar-refractivity contribution is 6.32. The van der Waals surface area contributed by atoms with Crippen LogP contribution in [0.25, 0.3) is 0 Å². The third kappa shape index (κ3) is 2.43. The molecular formula is C13H16BCl2N. The van der Waals surface area contributed by atoms with E-state index in [0.717, 1.165) is 35.7 Å². The van der Waals surface area contributed by atoms with E-state index in [4.69, 9.17) is 31.2 Å². The largest absolute Gasteiger partial charge is 0.424 e. The van der Waals surface area contributed by atoms with Crippen LogP contribution >= 0.6 is 23.2 Å². The van der Waals surface area contributed by atoms with Gasteiger partial charge in [0.25, 0.3) is 0 Å². The molecule has 0 unspecified atom stereocenters. The van der Waals surface area contributed by atoms with Crippen molar-refractivity contribution in [3.8, 4) is 0 Å². The van der Waals surface area contributed by atoms with Crippen LogP contribution in [0.15, 0.2) is 12.1 Å². The number of hydrogen-bond acceptors (Lipinski definition) is 1. The van der Waals surface area contributed by atoms with E-state index in [-0.39, 0.29) is 5.41 Å². The molecule has 0 spiro atoms. The molecular weight excluding hydrogens is 252 g/mol. The van der Waals surface area contributed by atoms with Crippen LogP contribution in [0.3, 0.4) is 0 Å². The Bertz CT molecular complexity index is 432. The maximum Gasteiger partial charge on any atom is 0.226 e. The summed E-state index contributed by atoms with van der Waals surface area (Å²) in [6.07, 6.45) is 1.85. The molecule has 2 rings (SSSR count). The van der Waals surface area contributed by atoms with Crippen molar-refractivity contribution in [2.75, 3.05) is 17.2 Å². The molecule has 1 aromatic carbocycles. The number of hydrogen-bond donors (Lipinski definition) is 0. The van der Waals surface area contributed by atoms with Gasteiger partial charge in [0.1, 0.15) is 0 Å². The fraction of sp³-hybridized carbons (Fsp3) is 0.538. The Morgan fingerprint density at radius 3 is 2.76 bits per heavy atom. The smallest absolute Gasteiger partial charge is 0.226 e. The number of benzene rings is 1. The van der Waals surface area contributed by atoms with Crippen LogP contribution in [0.5, 0.6) is 0 Å². The zero-order valence-corrected chi connectivity index (χ0v) is 11.8. The minimum Gasteiger partial charge on any atom is -0.424 e. The van der Waals surface area contributed by atoms with Crippen molar-refractivity contribution in [1.29, 1.82) is 0 Å². The van der Waals surface area contributed by atoms with Gasteiger partial charge in [-0.1, -0.05) is 31.5 Å². The molecule has 17 heavy (non-hydrogen) atoms. The molecule has 0 atom stereocenters. The molecule has 0 saturated heterocycles. The third-order valence-electron chi connectivity index (χ3n) is 3.54. The molecule has 1 aliphatic heterocycles. The lowest BCUT2D eigenvalue weighted by Gasteiger charge is -2.39. The minimum absolute atomic E-state index is 0.150. The van der Waals surface area contributed by atoms with Crippen LogP contribution < -0.4 is 4.81 Å². The lowest BCUT2D eigenvalue weighted by Crippen LogP contribution is -2.35. The van der Waals surface area contributed by atoms with E-state index in [2.05, 4.69) is 19.9 Å². The maximum atomic E-state index is 6.26. The Kier molecular flexibility index (Phi) is 3.65. The van der Waals surface area contributed by atoms with Crippen molar-refractivity contribution in [1.82, 2.24) is 0 Å². The van der Waals surface area contributed by atoms with E-state index < -0.39 is 0 Å². The molecule has 1 aliphatic rings. The van der Waals surface area contributed by atoms with Crippen LogP contribution in [0, 0.1) is 0 Å². The third-order valence-corrected chi connectivity index (χ3v) is 4.09. The number of aryl methyl sites for hydroxylation is 1. The van der Waals surface area contributed by atoms with Gasteiger partial charge in [-0.3, -0.25) is 0 Å². The highest BCUT2D eigenvalue weighted by atomic mass is 35.5. The average molecular weight is 268 g/mol. The van der Waals surface area contributed by atoms with Gasteiger partial charge < -0.3 is 4.81 Å². The predicted molar refractivity (Wildman–Crippen MR) is 76.6 cm³/mol. The summed E-state index contributed by atoms with van der Waals surface area (Å²) in [5.41, 5.74) is 3.58. The molecule has 4 heteroatoms. The van der Waals surface area contributed by atoms with Crippen LogP contribution in [0.2, 0.25) is 5.02 Å². The molecule has 1 aromatic rings. The summed E-state index contributed by atoms with van der Waals surface area (Å²) in [6, 6.07) is 4.14. The Labute approximate surface area is 115 Å². The van der Waals surface area contributed by atoms with E-state index in [9.17, 15) is 0 Å². The van der Waals surface area contributed by atoms with Gasteiger partial charge in [0.2, 0.25) is 7.98 Å². The van der Waals surface area contributed by atoms with Crippen LogP contribution in [-0.2, 0) is 11.8 Å². The van der Waals surface area contributed by atoms with Crippen LogP contribution in [0.1, 0.15) is 31.4 Å². The molecule has 1 heterocycles. The first kappa shape index (κ1) is 13.1. The molecule has 0 aromatic heterocycles. The Morgan fingerprint density at radius 1 is 1.41 bits per heavy atom. The van der Waals surface area contributed by atoms with Crippen molar-refractivity contribution in [2.45, 2.75) is 32.1 Å². The molecule has 0 saturated carbocycles.